The van der Waals surface area contributed by atoms with Gasteiger partial charge in [0.15, 0.2) is 0 Å². The molecule has 10 nitrogen and oxygen atoms in total. The largest absolute Gasteiger partial charge is 0.549 e. The van der Waals surface area contributed by atoms with Crippen LogP contribution in [0.25, 0.3) is 22.3 Å². The van der Waals surface area contributed by atoms with Crippen LogP contribution in [0.3, 0.4) is 0 Å². The summed E-state index contributed by atoms with van der Waals surface area (Å²) >= 11 is 0. The van der Waals surface area contributed by atoms with Crippen molar-refractivity contribution >= 4 is 28.4 Å². The highest BCUT2D eigenvalue weighted by Crippen LogP contribution is 2.34. The quantitative estimate of drug-likeness (QED) is 0.325. The van der Waals surface area contributed by atoms with Gasteiger partial charge in [-0.15, -0.1) is 0 Å². The molecule has 35 heavy (non-hydrogen) atoms. The molecule has 0 spiro atoms. The van der Waals surface area contributed by atoms with Crippen molar-refractivity contribution in [3.8, 4) is 22.8 Å². The molecule has 1 N–H and O–H groups in total. The Bertz CT molecular complexity index is 1300. The Hall–Kier alpha value is -4.18. The summed E-state index contributed by atoms with van der Waals surface area (Å²) in [4.78, 5) is 22.2. The summed E-state index contributed by atoms with van der Waals surface area (Å²) in [5.41, 5.74) is 4.94. The zero-order valence-corrected chi connectivity index (χ0v) is 19.9. The van der Waals surface area contributed by atoms with Gasteiger partial charge in [0, 0.05) is 61.5 Å². The van der Waals surface area contributed by atoms with Crippen LogP contribution in [0.4, 0.5) is 11.4 Å². The molecule has 0 amide bonds. The Morgan fingerprint density at radius 2 is 1.83 bits per heavy atom. The molecule has 0 bridgehead atoms. The summed E-state index contributed by atoms with van der Waals surface area (Å²) in [6.07, 6.45) is 6.08. The van der Waals surface area contributed by atoms with E-state index in [1.165, 1.54) is 0 Å². The predicted octanol–water partition coefficient (Wildman–Crippen LogP) is 1.92. The molecular formula is C25H27N6O4-. The van der Waals surface area contributed by atoms with Crippen LogP contribution in [0, 0.1) is 0 Å². The van der Waals surface area contributed by atoms with E-state index in [-0.39, 0.29) is 6.54 Å². The standard InChI is InChI=1S/C25H28N6O4/c1-30-16-17(13-28-30)24-14-27-22-6-5-18(11-23(22)29-24)31(8-4-7-26-15-25(32)33)19-9-20(34-2)12-21(10-19)35-3/h5-6,9-14,16,26H,4,7-8,15H2,1-3H3,(H,32,33)/p-1. The average molecular weight is 476 g/mol. The van der Waals surface area contributed by atoms with Gasteiger partial charge in [0.25, 0.3) is 0 Å². The van der Waals surface area contributed by atoms with Crippen molar-refractivity contribution in [1.29, 1.82) is 0 Å². The maximum Gasteiger partial charge on any atom is 0.124 e. The van der Waals surface area contributed by atoms with Crippen molar-refractivity contribution in [2.75, 3.05) is 38.8 Å². The Morgan fingerprint density at radius 3 is 2.49 bits per heavy atom. The summed E-state index contributed by atoms with van der Waals surface area (Å²) in [5.74, 6) is 0.203. The highest BCUT2D eigenvalue weighted by molar-refractivity contribution is 5.82. The lowest BCUT2D eigenvalue weighted by Crippen LogP contribution is -2.35. The first kappa shape index (κ1) is 24.0. The van der Waals surface area contributed by atoms with Crippen LogP contribution >= 0.6 is 0 Å². The van der Waals surface area contributed by atoms with Gasteiger partial charge < -0.3 is 29.6 Å². The summed E-state index contributed by atoms with van der Waals surface area (Å²) in [6, 6.07) is 11.6. The molecule has 2 aromatic heterocycles. The minimum Gasteiger partial charge on any atom is -0.549 e. The number of methoxy groups -OCH3 is 2. The van der Waals surface area contributed by atoms with Gasteiger partial charge in [0.1, 0.15) is 11.5 Å². The molecule has 0 fully saturated rings. The number of hydrogen-bond acceptors (Lipinski definition) is 9. The fourth-order valence-corrected chi connectivity index (χ4v) is 3.77. The van der Waals surface area contributed by atoms with E-state index in [0.29, 0.717) is 31.0 Å². The number of nitrogens with one attached hydrogen (secondary N) is 1. The first-order chi connectivity index (χ1) is 17.0. The molecule has 0 saturated heterocycles. The van der Waals surface area contributed by atoms with Gasteiger partial charge in [-0.25, -0.2) is 4.98 Å². The number of carboxylic acids is 1. The smallest absolute Gasteiger partial charge is 0.124 e. The van der Waals surface area contributed by atoms with Gasteiger partial charge in [-0.2, -0.15) is 5.10 Å². The van der Waals surface area contributed by atoms with Crippen LogP contribution in [-0.2, 0) is 11.8 Å². The number of aryl methyl sites for hydroxylation is 1. The molecule has 0 unspecified atom stereocenters. The van der Waals surface area contributed by atoms with E-state index in [9.17, 15) is 9.90 Å². The number of anilines is 2. The van der Waals surface area contributed by atoms with Crippen molar-refractivity contribution < 1.29 is 19.4 Å². The van der Waals surface area contributed by atoms with E-state index in [4.69, 9.17) is 14.5 Å². The molecule has 2 heterocycles. The van der Waals surface area contributed by atoms with E-state index in [0.717, 1.165) is 33.7 Å². The molecular weight excluding hydrogens is 448 g/mol. The second kappa shape index (κ2) is 10.8. The van der Waals surface area contributed by atoms with Gasteiger partial charge in [0.2, 0.25) is 0 Å². The summed E-state index contributed by atoms with van der Waals surface area (Å²) in [7, 11) is 5.08. The number of hydrogen-bond donors (Lipinski definition) is 1. The lowest BCUT2D eigenvalue weighted by molar-refractivity contribution is -0.304. The van der Waals surface area contributed by atoms with Crippen molar-refractivity contribution in [3.05, 3.63) is 55.0 Å². The molecule has 10 heteroatoms. The molecule has 0 aliphatic rings. The number of carboxylic acid groups (broad SMARTS) is 1. The normalized spacial score (nSPS) is 10.9. The number of carbonyl (C=O) groups is 1. The summed E-state index contributed by atoms with van der Waals surface area (Å²) < 4.78 is 12.7. The van der Waals surface area contributed by atoms with Gasteiger partial charge in [0.05, 0.1) is 49.3 Å². The highest BCUT2D eigenvalue weighted by Gasteiger charge is 2.14. The number of fused-ring (bicyclic) bond motifs is 1. The Morgan fingerprint density at radius 1 is 1.06 bits per heavy atom. The van der Waals surface area contributed by atoms with E-state index >= 15 is 0 Å². The monoisotopic (exact) mass is 475 g/mol. The Kier molecular flexibility index (Phi) is 7.41. The Labute approximate surface area is 203 Å². The highest BCUT2D eigenvalue weighted by atomic mass is 16.5. The van der Waals surface area contributed by atoms with Crippen molar-refractivity contribution in [3.63, 3.8) is 0 Å². The van der Waals surface area contributed by atoms with E-state index < -0.39 is 5.97 Å². The maximum atomic E-state index is 10.7. The van der Waals surface area contributed by atoms with Crippen molar-refractivity contribution in [2.24, 2.45) is 7.05 Å². The van der Waals surface area contributed by atoms with Crippen molar-refractivity contribution in [2.45, 2.75) is 6.42 Å². The third-order valence-corrected chi connectivity index (χ3v) is 5.49. The number of nitrogens with zero attached hydrogens (tertiary/aromatic N) is 5. The molecule has 0 radical (unpaired) electrons. The second-order valence-corrected chi connectivity index (χ2v) is 7.96. The second-order valence-electron chi connectivity index (χ2n) is 7.96. The van der Waals surface area contributed by atoms with Crippen molar-refractivity contribution in [1.82, 2.24) is 25.1 Å². The van der Waals surface area contributed by atoms with Gasteiger partial charge >= 0.3 is 0 Å². The molecule has 0 atom stereocenters. The lowest BCUT2D eigenvalue weighted by Gasteiger charge is -2.26. The molecule has 2 aromatic carbocycles. The Balaban J connectivity index is 1.69. The van der Waals surface area contributed by atoms with E-state index in [1.807, 2.05) is 49.6 Å². The molecule has 0 aliphatic heterocycles. The average Bonchev–Trinajstić information content (AvgIpc) is 3.31. The first-order valence-electron chi connectivity index (χ1n) is 11.1. The molecule has 4 rings (SSSR count). The van der Waals surface area contributed by atoms with Gasteiger partial charge in [-0.1, -0.05) is 0 Å². The van der Waals surface area contributed by atoms with Gasteiger partial charge in [-0.05, 0) is 31.2 Å². The third kappa shape index (κ3) is 5.85. The minimum atomic E-state index is -1.13. The topological polar surface area (TPSA) is 117 Å². The minimum absolute atomic E-state index is 0.185. The lowest BCUT2D eigenvalue weighted by atomic mass is 10.1. The van der Waals surface area contributed by atoms with Crippen LogP contribution in [0.2, 0.25) is 0 Å². The van der Waals surface area contributed by atoms with Crippen LogP contribution in [0.1, 0.15) is 6.42 Å². The predicted molar refractivity (Wildman–Crippen MR) is 131 cm³/mol. The van der Waals surface area contributed by atoms with Crippen LogP contribution in [-0.4, -0.2) is 59.6 Å². The number of benzene rings is 2. The number of carbonyl (C=O) groups excluding carboxylic acids is 1. The number of aliphatic carboxylic acids is 1. The number of aromatic nitrogens is 4. The summed E-state index contributed by atoms with van der Waals surface area (Å²) in [5, 5.41) is 17.8. The van der Waals surface area contributed by atoms with Crippen LogP contribution in [0.15, 0.2) is 55.0 Å². The summed E-state index contributed by atoms with van der Waals surface area (Å²) in [6.45, 7) is 0.942. The van der Waals surface area contributed by atoms with Crippen LogP contribution in [0.5, 0.6) is 11.5 Å². The number of ether oxygens (including phenoxy) is 2. The molecule has 0 aliphatic carbocycles. The SMILES string of the molecule is COc1cc(OC)cc(N(CCCNCC(=O)[O-])c2ccc3ncc(-c4cnn(C)c4)nc3c2)c1. The maximum absolute atomic E-state index is 10.7. The first-order valence-corrected chi connectivity index (χ1v) is 11.1. The third-order valence-electron chi connectivity index (χ3n) is 5.49. The fourth-order valence-electron chi connectivity index (χ4n) is 3.77. The molecule has 182 valence electrons. The molecule has 4 aromatic rings. The van der Waals surface area contributed by atoms with Crippen LogP contribution < -0.4 is 24.8 Å². The zero-order chi connectivity index (χ0) is 24.8. The zero-order valence-electron chi connectivity index (χ0n) is 19.9. The fraction of sp³-hybridized carbons (Fsp3) is 0.280. The number of rotatable bonds is 11. The van der Waals surface area contributed by atoms with E-state index in [2.05, 4.69) is 20.3 Å². The molecule has 0 saturated carbocycles. The van der Waals surface area contributed by atoms with Gasteiger partial charge in [-0.3, -0.25) is 9.67 Å². The van der Waals surface area contributed by atoms with E-state index in [1.54, 1.807) is 31.3 Å².